The van der Waals surface area contributed by atoms with Gasteiger partial charge in [-0.25, -0.2) is 23.4 Å². The molecule has 178 valence electrons. The normalized spacial score (nSPS) is 21.3. The number of likely N-dealkylation sites (tertiary alicyclic amines) is 1. The largest absolute Gasteiger partial charge is 0.490 e. The highest BCUT2D eigenvalue weighted by Crippen LogP contribution is 2.54. The van der Waals surface area contributed by atoms with Gasteiger partial charge in [-0.15, -0.1) is 0 Å². The lowest BCUT2D eigenvalue weighted by Crippen LogP contribution is -2.49. The van der Waals surface area contributed by atoms with Crippen LogP contribution in [0.25, 0.3) is 0 Å². The van der Waals surface area contributed by atoms with Crippen LogP contribution in [0.15, 0.2) is 12.1 Å². The molecule has 0 N–H and O–H groups in total. The molecule has 3 fully saturated rings. The van der Waals surface area contributed by atoms with E-state index in [2.05, 4.69) is 9.78 Å². The Morgan fingerprint density at radius 1 is 1.12 bits per heavy atom. The Morgan fingerprint density at radius 3 is 2.50 bits per heavy atom. The van der Waals surface area contributed by atoms with Crippen LogP contribution in [0.5, 0.6) is 5.75 Å². The highest BCUT2D eigenvalue weighted by atomic mass is 19.1. The fourth-order valence-corrected chi connectivity index (χ4v) is 4.96. The predicted octanol–water partition coefficient (Wildman–Crippen LogP) is 5.38. The first-order chi connectivity index (χ1) is 15.3. The van der Waals surface area contributed by atoms with Crippen molar-refractivity contribution in [3.05, 3.63) is 29.3 Å². The average Bonchev–Trinajstić information content (AvgIpc) is 3.47. The van der Waals surface area contributed by atoms with E-state index in [9.17, 15) is 13.6 Å². The van der Waals surface area contributed by atoms with Crippen molar-refractivity contribution in [1.29, 1.82) is 0 Å². The van der Waals surface area contributed by atoms with E-state index in [4.69, 9.17) is 9.47 Å². The van der Waals surface area contributed by atoms with Crippen molar-refractivity contribution in [3.8, 4) is 5.75 Å². The van der Waals surface area contributed by atoms with E-state index < -0.39 is 11.6 Å². The maximum atomic E-state index is 14.1. The van der Waals surface area contributed by atoms with Gasteiger partial charge in [-0.2, -0.15) is 0 Å². The molecule has 4 rings (SSSR count). The Labute approximate surface area is 188 Å². The number of carbonyl (C=O) groups is 1. The Bertz CT molecular complexity index is 813. The molecule has 1 aromatic rings. The van der Waals surface area contributed by atoms with Gasteiger partial charge >= 0.3 is 6.09 Å². The molecule has 1 aliphatic heterocycles. The number of nitrogens with zero attached hydrogens (tertiary/aromatic N) is 1. The monoisotopic (exact) mass is 453 g/mol. The summed E-state index contributed by atoms with van der Waals surface area (Å²) in [6, 6.07) is 2.14. The predicted molar refractivity (Wildman–Crippen MR) is 113 cm³/mol. The highest BCUT2D eigenvalue weighted by Gasteiger charge is 2.47. The smallest absolute Gasteiger partial charge is 0.410 e. The van der Waals surface area contributed by atoms with Gasteiger partial charge in [-0.05, 0) is 75.7 Å². The molecule has 6 nitrogen and oxygen atoms in total. The molecule has 8 heteroatoms. The molecule has 1 saturated heterocycles. The summed E-state index contributed by atoms with van der Waals surface area (Å²) >= 11 is 0. The van der Waals surface area contributed by atoms with Crippen LogP contribution in [0.3, 0.4) is 0 Å². The van der Waals surface area contributed by atoms with E-state index in [1.165, 1.54) is 20.0 Å². The third kappa shape index (κ3) is 5.52. The zero-order valence-electron chi connectivity index (χ0n) is 19.0. The van der Waals surface area contributed by atoms with Crippen LogP contribution in [0, 0.1) is 23.0 Å². The van der Waals surface area contributed by atoms with Crippen molar-refractivity contribution in [1.82, 2.24) is 4.90 Å². The van der Waals surface area contributed by atoms with Crippen LogP contribution in [0.4, 0.5) is 13.6 Å². The molecule has 2 saturated carbocycles. The second-order valence-electron chi connectivity index (χ2n) is 9.87. The van der Waals surface area contributed by atoms with Gasteiger partial charge in [0.2, 0.25) is 0 Å². The summed E-state index contributed by atoms with van der Waals surface area (Å²) in [5.74, 6) is -0.629. The van der Waals surface area contributed by atoms with Crippen molar-refractivity contribution in [2.75, 3.05) is 26.8 Å². The summed E-state index contributed by atoms with van der Waals surface area (Å²) in [6.45, 7) is 3.74. The highest BCUT2D eigenvalue weighted by molar-refractivity contribution is 5.68. The van der Waals surface area contributed by atoms with Crippen LogP contribution in [-0.2, 0) is 21.1 Å². The molecule has 32 heavy (non-hydrogen) atoms. The molecule has 1 heterocycles. The van der Waals surface area contributed by atoms with Crippen molar-refractivity contribution in [2.45, 2.75) is 70.5 Å². The van der Waals surface area contributed by atoms with Gasteiger partial charge in [0, 0.05) is 24.7 Å². The summed E-state index contributed by atoms with van der Waals surface area (Å²) in [5, 5.41) is 0. The van der Waals surface area contributed by atoms with Crippen LogP contribution in [0.1, 0.15) is 63.9 Å². The third-order valence-corrected chi connectivity index (χ3v) is 7.26. The number of halogens is 2. The Morgan fingerprint density at radius 2 is 1.84 bits per heavy atom. The number of benzene rings is 1. The van der Waals surface area contributed by atoms with Gasteiger partial charge < -0.3 is 14.4 Å². The van der Waals surface area contributed by atoms with Crippen LogP contribution < -0.4 is 4.74 Å². The number of amides is 1. The zero-order valence-corrected chi connectivity index (χ0v) is 19.0. The SMILES string of the molecule is COOCc1cc(F)c(OCCCC2CC3(CCN(C(=O)OC4(C)CC4)CC3)C2)cc1F. The van der Waals surface area contributed by atoms with Crippen LogP contribution >= 0.6 is 0 Å². The summed E-state index contributed by atoms with van der Waals surface area (Å²) in [4.78, 5) is 23.2. The van der Waals surface area contributed by atoms with Gasteiger partial charge in [0.05, 0.1) is 13.7 Å². The topological polar surface area (TPSA) is 57.2 Å². The van der Waals surface area contributed by atoms with E-state index in [0.29, 0.717) is 17.9 Å². The Hall–Kier alpha value is -1.93. The number of ether oxygens (including phenoxy) is 2. The summed E-state index contributed by atoms with van der Waals surface area (Å²) in [5.41, 5.74) is 0.226. The number of carbonyl (C=O) groups excluding carboxylic acids is 1. The molecular formula is C24H33F2NO5. The fraction of sp³-hybridized carbons (Fsp3) is 0.708. The van der Waals surface area contributed by atoms with E-state index in [1.54, 1.807) is 0 Å². The van der Waals surface area contributed by atoms with Crippen LogP contribution in [-0.4, -0.2) is 43.4 Å². The van der Waals surface area contributed by atoms with E-state index in [-0.39, 0.29) is 29.6 Å². The minimum Gasteiger partial charge on any atom is -0.490 e. The molecule has 0 unspecified atom stereocenters. The number of piperidine rings is 1. The zero-order chi connectivity index (χ0) is 22.8. The number of rotatable bonds is 9. The van der Waals surface area contributed by atoms with Crippen molar-refractivity contribution in [3.63, 3.8) is 0 Å². The van der Waals surface area contributed by atoms with Crippen molar-refractivity contribution in [2.24, 2.45) is 11.3 Å². The first-order valence-electron chi connectivity index (χ1n) is 11.6. The second-order valence-corrected chi connectivity index (χ2v) is 9.87. The van der Waals surface area contributed by atoms with E-state index >= 15 is 0 Å². The second kappa shape index (κ2) is 9.51. The van der Waals surface area contributed by atoms with Crippen molar-refractivity contribution < 1.29 is 32.8 Å². The molecule has 1 amide bonds. The summed E-state index contributed by atoms with van der Waals surface area (Å²) < 4.78 is 39.2. The minimum absolute atomic E-state index is 0.0759. The molecule has 0 bridgehead atoms. The standard InChI is InChI=1S/C24H33F2NO5/c1-23(5-6-23)32-22(28)27-9-7-24(8-10-27)14-17(15-24)4-3-11-30-21-13-19(25)18(12-20(21)26)16-31-29-2/h12-13,17H,3-11,14-16H2,1-2H3. The lowest BCUT2D eigenvalue weighted by atomic mass is 9.56. The van der Waals surface area contributed by atoms with Gasteiger partial charge in [-0.1, -0.05) is 0 Å². The summed E-state index contributed by atoms with van der Waals surface area (Å²) in [7, 11) is 1.31. The molecule has 0 atom stereocenters. The molecule has 1 aromatic carbocycles. The first kappa shape index (κ1) is 23.2. The first-order valence-corrected chi connectivity index (χ1v) is 11.6. The van der Waals surface area contributed by atoms with E-state index in [0.717, 1.165) is 63.7 Å². The van der Waals surface area contributed by atoms with Gasteiger partial charge in [-0.3, -0.25) is 0 Å². The quantitative estimate of drug-likeness (QED) is 0.285. The van der Waals surface area contributed by atoms with Crippen molar-refractivity contribution >= 4 is 6.09 Å². The van der Waals surface area contributed by atoms with Crippen LogP contribution in [0.2, 0.25) is 0 Å². The lowest BCUT2D eigenvalue weighted by Gasteiger charge is -2.52. The minimum atomic E-state index is -0.607. The van der Waals surface area contributed by atoms with E-state index in [1.807, 2.05) is 11.8 Å². The molecule has 0 aromatic heterocycles. The number of hydrogen-bond donors (Lipinski definition) is 0. The molecular weight excluding hydrogens is 420 g/mol. The fourth-order valence-electron chi connectivity index (χ4n) is 4.96. The lowest BCUT2D eigenvalue weighted by molar-refractivity contribution is -0.282. The maximum absolute atomic E-state index is 14.1. The van der Waals surface area contributed by atoms with Gasteiger partial charge in [0.25, 0.3) is 0 Å². The Balaban J connectivity index is 1.13. The maximum Gasteiger partial charge on any atom is 0.410 e. The third-order valence-electron chi connectivity index (χ3n) is 7.26. The molecule has 3 aliphatic rings. The summed E-state index contributed by atoms with van der Waals surface area (Å²) in [6.07, 6.45) is 8.01. The Kier molecular flexibility index (Phi) is 6.91. The van der Waals surface area contributed by atoms with Gasteiger partial charge in [0.15, 0.2) is 11.6 Å². The molecule has 1 spiro atoms. The molecule has 2 aliphatic carbocycles. The average molecular weight is 454 g/mol. The number of hydrogen-bond acceptors (Lipinski definition) is 5. The molecule has 0 radical (unpaired) electrons. The van der Waals surface area contributed by atoms with Gasteiger partial charge in [0.1, 0.15) is 18.0 Å².